The number of anilines is 2. The van der Waals surface area contributed by atoms with Crippen LogP contribution in [-0.4, -0.2) is 24.1 Å². The quantitative estimate of drug-likeness (QED) is 0.875. The maximum atomic E-state index is 14.3. The number of benzene rings is 1. The molecule has 110 valence electrons. The molecule has 20 heavy (non-hydrogen) atoms. The van der Waals surface area contributed by atoms with E-state index >= 15 is 0 Å². The van der Waals surface area contributed by atoms with E-state index in [0.29, 0.717) is 16.9 Å². The summed E-state index contributed by atoms with van der Waals surface area (Å²) in [6.07, 6.45) is -1.28. The lowest BCUT2D eigenvalue weighted by molar-refractivity contribution is -0.123. The van der Waals surface area contributed by atoms with Gasteiger partial charge >= 0.3 is 0 Å². The van der Waals surface area contributed by atoms with E-state index in [0.717, 1.165) is 0 Å². The number of amides is 1. The maximum Gasteiger partial charge on any atom is 0.257 e. The van der Waals surface area contributed by atoms with Gasteiger partial charge in [0.15, 0.2) is 6.10 Å². The molecule has 5 heteroatoms. The molecule has 0 aliphatic carbocycles. The molecule has 2 rings (SSSR count). The molecule has 4 nitrogen and oxygen atoms in total. The molecule has 0 aromatic heterocycles. The van der Waals surface area contributed by atoms with Gasteiger partial charge in [0.1, 0.15) is 5.82 Å². The minimum absolute atomic E-state index is 0.0109. The number of hydrogen-bond donors (Lipinski definition) is 2. The Hall–Kier alpha value is -1.62. The molecule has 2 atom stereocenters. The lowest BCUT2D eigenvalue weighted by Crippen LogP contribution is -2.39. The van der Waals surface area contributed by atoms with Crippen LogP contribution in [0.4, 0.5) is 15.8 Å². The Kier molecular flexibility index (Phi) is 3.50. The van der Waals surface area contributed by atoms with E-state index in [1.807, 2.05) is 18.9 Å². The number of rotatable bonds is 2. The second kappa shape index (κ2) is 4.74. The Bertz CT molecular complexity index is 552. The number of aliphatic hydroxyl groups excluding tert-OH is 1. The molecule has 1 aromatic rings. The van der Waals surface area contributed by atoms with Gasteiger partial charge in [0, 0.05) is 24.3 Å². The fraction of sp³-hybridized carbons (Fsp3) is 0.533. The molecule has 0 saturated heterocycles. The van der Waals surface area contributed by atoms with Gasteiger partial charge in [-0.1, -0.05) is 20.8 Å². The first-order chi connectivity index (χ1) is 9.12. The van der Waals surface area contributed by atoms with Gasteiger partial charge in [-0.05, 0) is 24.5 Å². The van der Waals surface area contributed by atoms with E-state index in [1.54, 1.807) is 6.07 Å². The number of aliphatic hydroxyl groups is 1. The monoisotopic (exact) mass is 280 g/mol. The van der Waals surface area contributed by atoms with Gasteiger partial charge in [0.05, 0.1) is 5.69 Å². The van der Waals surface area contributed by atoms with Gasteiger partial charge in [-0.25, -0.2) is 4.39 Å². The number of carbonyl (C=O) groups excluding carboxylic acids is 1. The molecule has 0 fully saturated rings. The van der Waals surface area contributed by atoms with Crippen molar-refractivity contribution in [2.75, 3.05) is 17.3 Å². The van der Waals surface area contributed by atoms with Crippen LogP contribution in [0.3, 0.4) is 0 Å². The van der Waals surface area contributed by atoms with E-state index in [4.69, 9.17) is 0 Å². The molecule has 1 heterocycles. The predicted octanol–water partition coefficient (Wildman–Crippen LogP) is 2.68. The molecule has 0 saturated carbocycles. The summed E-state index contributed by atoms with van der Waals surface area (Å²) < 4.78 is 14.3. The van der Waals surface area contributed by atoms with Crippen molar-refractivity contribution in [3.8, 4) is 0 Å². The van der Waals surface area contributed by atoms with Crippen LogP contribution in [0.2, 0.25) is 0 Å². The molecule has 2 unspecified atom stereocenters. The highest BCUT2D eigenvalue weighted by molar-refractivity contribution is 6.02. The normalized spacial score (nSPS) is 19.6. The van der Waals surface area contributed by atoms with Gasteiger partial charge in [-0.15, -0.1) is 0 Å². The smallest absolute Gasteiger partial charge is 0.257 e. The number of nitrogens with zero attached hydrogens (tertiary/aromatic N) is 1. The average Bonchev–Trinajstić information content (AvgIpc) is 2.62. The summed E-state index contributed by atoms with van der Waals surface area (Å²) in [6.45, 7) is 8.29. The minimum Gasteiger partial charge on any atom is -0.378 e. The highest BCUT2D eigenvalue weighted by Crippen LogP contribution is 2.37. The molecule has 1 amide bonds. The average molecular weight is 280 g/mol. The Morgan fingerprint density at radius 2 is 2.00 bits per heavy atom. The SMILES string of the molecule is CC(N(C)c1cc2c(cc1F)C(O)C(=O)N2)C(C)(C)C. The van der Waals surface area contributed by atoms with Crippen LogP contribution >= 0.6 is 0 Å². The molecule has 0 bridgehead atoms. The van der Waals surface area contributed by atoms with Crippen molar-refractivity contribution in [1.82, 2.24) is 0 Å². The second-order valence-corrected chi connectivity index (χ2v) is 6.44. The van der Waals surface area contributed by atoms with Crippen molar-refractivity contribution in [2.45, 2.75) is 39.8 Å². The lowest BCUT2D eigenvalue weighted by atomic mass is 9.87. The van der Waals surface area contributed by atoms with Crippen molar-refractivity contribution in [3.05, 3.63) is 23.5 Å². The first-order valence-corrected chi connectivity index (χ1v) is 6.68. The zero-order valence-electron chi connectivity index (χ0n) is 12.5. The summed E-state index contributed by atoms with van der Waals surface area (Å²) in [7, 11) is 1.83. The third-order valence-electron chi connectivity index (χ3n) is 4.13. The van der Waals surface area contributed by atoms with Crippen LogP contribution in [0.15, 0.2) is 12.1 Å². The Balaban J connectivity index is 2.40. The zero-order chi connectivity index (χ0) is 15.2. The van der Waals surface area contributed by atoms with E-state index in [-0.39, 0.29) is 11.5 Å². The fourth-order valence-electron chi connectivity index (χ4n) is 2.31. The number of carbonyl (C=O) groups is 1. The molecular formula is C15H21FN2O2. The third-order valence-corrected chi connectivity index (χ3v) is 4.13. The summed E-state index contributed by atoms with van der Waals surface area (Å²) in [5.74, 6) is -0.944. The first kappa shape index (κ1) is 14.8. The molecule has 2 N–H and O–H groups in total. The van der Waals surface area contributed by atoms with Crippen molar-refractivity contribution in [2.24, 2.45) is 5.41 Å². The predicted molar refractivity (Wildman–Crippen MR) is 77.3 cm³/mol. The maximum absolute atomic E-state index is 14.3. The highest BCUT2D eigenvalue weighted by atomic mass is 19.1. The van der Waals surface area contributed by atoms with Crippen LogP contribution < -0.4 is 10.2 Å². The summed E-state index contributed by atoms with van der Waals surface area (Å²) in [4.78, 5) is 13.3. The van der Waals surface area contributed by atoms with Crippen molar-refractivity contribution in [3.63, 3.8) is 0 Å². The van der Waals surface area contributed by atoms with Crippen molar-refractivity contribution in [1.29, 1.82) is 0 Å². The number of hydrogen-bond acceptors (Lipinski definition) is 3. The summed E-state index contributed by atoms with van der Waals surface area (Å²) in [5.41, 5.74) is 1.18. The van der Waals surface area contributed by atoms with Gasteiger partial charge in [0.2, 0.25) is 0 Å². The molecule has 1 aromatic carbocycles. The minimum atomic E-state index is -1.28. The summed E-state index contributed by atoms with van der Waals surface area (Å²) >= 11 is 0. The van der Waals surface area contributed by atoms with Crippen LogP contribution in [0, 0.1) is 11.2 Å². The van der Waals surface area contributed by atoms with Crippen LogP contribution in [0.25, 0.3) is 0 Å². The van der Waals surface area contributed by atoms with E-state index < -0.39 is 17.8 Å². The molecule has 0 radical (unpaired) electrons. The Morgan fingerprint density at radius 1 is 1.40 bits per heavy atom. The first-order valence-electron chi connectivity index (χ1n) is 6.68. The molecular weight excluding hydrogens is 259 g/mol. The largest absolute Gasteiger partial charge is 0.378 e. The zero-order valence-corrected chi connectivity index (χ0v) is 12.5. The highest BCUT2D eigenvalue weighted by Gasteiger charge is 2.32. The molecule has 1 aliphatic rings. The van der Waals surface area contributed by atoms with Crippen LogP contribution in [0.1, 0.15) is 39.4 Å². The second-order valence-electron chi connectivity index (χ2n) is 6.44. The van der Waals surface area contributed by atoms with Gasteiger partial charge in [0.25, 0.3) is 5.91 Å². The van der Waals surface area contributed by atoms with E-state index in [9.17, 15) is 14.3 Å². The van der Waals surface area contributed by atoms with Crippen molar-refractivity contribution < 1.29 is 14.3 Å². The Labute approximate surface area is 118 Å². The fourth-order valence-corrected chi connectivity index (χ4v) is 2.31. The van der Waals surface area contributed by atoms with Gasteiger partial charge < -0.3 is 15.3 Å². The Morgan fingerprint density at radius 3 is 2.55 bits per heavy atom. The summed E-state index contributed by atoms with van der Waals surface area (Å²) in [6, 6.07) is 2.93. The van der Waals surface area contributed by atoms with E-state index in [1.165, 1.54) is 6.07 Å². The topological polar surface area (TPSA) is 52.6 Å². The standard InChI is InChI=1S/C15H21FN2O2/c1-8(15(2,3)4)18(5)12-7-11-9(6-10(12)16)13(19)14(20)17-11/h6-8,13,19H,1-5H3,(H,17,20). The van der Waals surface area contributed by atoms with Crippen LogP contribution in [0.5, 0.6) is 0 Å². The number of halogens is 1. The van der Waals surface area contributed by atoms with Crippen LogP contribution in [-0.2, 0) is 4.79 Å². The van der Waals surface area contributed by atoms with Gasteiger partial charge in [-0.3, -0.25) is 4.79 Å². The molecule has 1 aliphatic heterocycles. The lowest BCUT2D eigenvalue weighted by Gasteiger charge is -2.37. The van der Waals surface area contributed by atoms with E-state index in [2.05, 4.69) is 26.1 Å². The number of nitrogens with one attached hydrogen (secondary N) is 1. The molecule has 0 spiro atoms. The van der Waals surface area contributed by atoms with Crippen molar-refractivity contribution >= 4 is 17.3 Å². The summed E-state index contributed by atoms with van der Waals surface area (Å²) in [5, 5.41) is 12.2. The van der Waals surface area contributed by atoms with Gasteiger partial charge in [-0.2, -0.15) is 0 Å². The third kappa shape index (κ3) is 2.38. The number of fused-ring (bicyclic) bond motifs is 1.